The van der Waals surface area contributed by atoms with Crippen LogP contribution < -0.4 is 10.3 Å². The molecule has 6 nitrogen and oxygen atoms in total. The number of nitrogens with zero attached hydrogens (tertiary/aromatic N) is 3. The van der Waals surface area contributed by atoms with Crippen molar-refractivity contribution in [1.82, 2.24) is 19.9 Å². The number of hydrogen-bond acceptors (Lipinski definition) is 5. The van der Waals surface area contributed by atoms with Crippen LogP contribution in [-0.2, 0) is 19.5 Å². The van der Waals surface area contributed by atoms with Crippen molar-refractivity contribution in [3.63, 3.8) is 0 Å². The molecule has 0 spiro atoms. The zero-order valence-electron chi connectivity index (χ0n) is 18.8. The third kappa shape index (κ3) is 5.58. The molecule has 0 atom stereocenters. The molecule has 184 valence electrons. The normalized spacial score (nSPS) is 13.9. The zero-order valence-corrected chi connectivity index (χ0v) is 19.6. The lowest BCUT2D eigenvalue weighted by Gasteiger charge is -2.27. The molecule has 0 bridgehead atoms. The van der Waals surface area contributed by atoms with Crippen molar-refractivity contribution in [1.29, 1.82) is 0 Å². The molecule has 4 aromatic rings. The van der Waals surface area contributed by atoms with Crippen molar-refractivity contribution in [3.05, 3.63) is 99.1 Å². The fourth-order valence-electron chi connectivity index (χ4n) is 4.16. The van der Waals surface area contributed by atoms with Crippen LogP contribution in [0.2, 0.25) is 5.02 Å². The van der Waals surface area contributed by atoms with Gasteiger partial charge in [0.15, 0.2) is 0 Å². The van der Waals surface area contributed by atoms with E-state index in [1.165, 1.54) is 18.2 Å². The number of pyridine rings is 1. The molecule has 1 N–H and O–H groups in total. The fraction of sp³-hybridized carbons (Fsp3) is 0.192. The molecular weight excluding hydrogens is 493 g/mol. The quantitative estimate of drug-likeness (QED) is 0.376. The molecule has 2 aromatic heterocycles. The number of alkyl halides is 3. The van der Waals surface area contributed by atoms with Gasteiger partial charge in [0.25, 0.3) is 5.56 Å². The summed E-state index contributed by atoms with van der Waals surface area (Å²) in [7, 11) is 0. The molecule has 0 amide bonds. The van der Waals surface area contributed by atoms with Crippen LogP contribution in [-0.4, -0.2) is 32.8 Å². The van der Waals surface area contributed by atoms with E-state index in [2.05, 4.69) is 24.6 Å². The number of halogens is 4. The van der Waals surface area contributed by atoms with Crippen LogP contribution >= 0.6 is 11.6 Å². The van der Waals surface area contributed by atoms with Gasteiger partial charge in [-0.1, -0.05) is 29.8 Å². The zero-order chi connectivity index (χ0) is 25.3. The lowest BCUT2D eigenvalue weighted by Crippen LogP contribution is -2.35. The Balaban J connectivity index is 1.28. The van der Waals surface area contributed by atoms with E-state index in [0.29, 0.717) is 47.2 Å². The molecule has 0 aliphatic carbocycles. The Morgan fingerprint density at radius 1 is 1.06 bits per heavy atom. The van der Waals surface area contributed by atoms with Crippen molar-refractivity contribution in [2.24, 2.45) is 0 Å². The maximum absolute atomic E-state index is 12.8. The highest BCUT2D eigenvalue weighted by Gasteiger charge is 2.31. The van der Waals surface area contributed by atoms with Gasteiger partial charge in [-0.15, -0.1) is 13.2 Å². The van der Waals surface area contributed by atoms with E-state index in [9.17, 15) is 18.0 Å². The molecule has 0 radical (unpaired) electrons. The number of aromatic nitrogens is 3. The molecule has 3 heterocycles. The monoisotopic (exact) mass is 512 g/mol. The molecule has 0 unspecified atom stereocenters. The average Bonchev–Trinajstić information content (AvgIpc) is 2.84. The minimum Gasteiger partial charge on any atom is -0.406 e. The van der Waals surface area contributed by atoms with Crippen LogP contribution in [0.4, 0.5) is 13.2 Å². The van der Waals surface area contributed by atoms with Crippen molar-refractivity contribution < 1.29 is 17.9 Å². The topological polar surface area (TPSA) is 71.1 Å². The van der Waals surface area contributed by atoms with Gasteiger partial charge < -0.3 is 9.72 Å². The van der Waals surface area contributed by atoms with Gasteiger partial charge in [0, 0.05) is 48.4 Å². The second-order valence-electron chi connectivity index (χ2n) is 8.43. The lowest BCUT2D eigenvalue weighted by molar-refractivity contribution is -0.274. The highest BCUT2D eigenvalue weighted by atomic mass is 35.5. The van der Waals surface area contributed by atoms with E-state index >= 15 is 0 Å². The minimum atomic E-state index is -4.75. The van der Waals surface area contributed by atoms with Gasteiger partial charge in [-0.3, -0.25) is 14.7 Å². The molecule has 0 fully saturated rings. The largest absolute Gasteiger partial charge is 0.573 e. The molecule has 0 saturated heterocycles. The second-order valence-corrected chi connectivity index (χ2v) is 8.87. The Labute approximate surface area is 209 Å². The summed E-state index contributed by atoms with van der Waals surface area (Å²) in [5.41, 5.74) is 4.04. The Kier molecular flexibility index (Phi) is 6.51. The van der Waals surface area contributed by atoms with Crippen molar-refractivity contribution in [2.75, 3.05) is 6.54 Å². The van der Waals surface area contributed by atoms with Crippen molar-refractivity contribution in [3.8, 4) is 28.4 Å². The summed E-state index contributed by atoms with van der Waals surface area (Å²) < 4.78 is 41.5. The minimum absolute atomic E-state index is 0.163. The van der Waals surface area contributed by atoms with Crippen molar-refractivity contribution >= 4 is 11.6 Å². The fourth-order valence-corrected chi connectivity index (χ4v) is 4.29. The Hall–Kier alpha value is -3.69. The first-order valence-corrected chi connectivity index (χ1v) is 11.5. The van der Waals surface area contributed by atoms with Gasteiger partial charge in [0.1, 0.15) is 11.6 Å². The third-order valence-corrected chi connectivity index (χ3v) is 6.11. The first kappa shape index (κ1) is 24.0. The Morgan fingerprint density at radius 3 is 2.58 bits per heavy atom. The van der Waals surface area contributed by atoms with E-state index in [1.54, 1.807) is 30.5 Å². The summed E-state index contributed by atoms with van der Waals surface area (Å²) in [4.78, 5) is 26.9. The number of nitrogens with one attached hydrogen (secondary N) is 1. The first-order chi connectivity index (χ1) is 17.2. The Bertz CT molecular complexity index is 1440. The summed E-state index contributed by atoms with van der Waals surface area (Å²) in [6.45, 7) is 1.75. The van der Waals surface area contributed by atoms with Crippen LogP contribution in [0.25, 0.3) is 22.6 Å². The summed E-state index contributed by atoms with van der Waals surface area (Å²) in [5.74, 6) is 0.226. The molecule has 2 aromatic carbocycles. The SMILES string of the molecule is O=c1[nH]c(-c2ccc(Cl)cc2)nc2c1CN(Cc1ccc(-c3cccc(OC(F)(F)F)c3)nc1)CC2. The van der Waals surface area contributed by atoms with Gasteiger partial charge >= 0.3 is 6.36 Å². The molecule has 0 saturated carbocycles. The van der Waals surface area contributed by atoms with Crippen molar-refractivity contribution in [2.45, 2.75) is 25.9 Å². The van der Waals surface area contributed by atoms with Gasteiger partial charge in [0.2, 0.25) is 0 Å². The molecule has 1 aliphatic heterocycles. The van der Waals surface area contributed by atoms with Gasteiger partial charge in [0.05, 0.1) is 17.0 Å². The maximum Gasteiger partial charge on any atom is 0.573 e. The highest BCUT2D eigenvalue weighted by molar-refractivity contribution is 6.30. The van der Waals surface area contributed by atoms with Gasteiger partial charge in [-0.05, 0) is 48.0 Å². The van der Waals surface area contributed by atoms with Crippen LogP contribution in [0.1, 0.15) is 16.8 Å². The number of fused-ring (bicyclic) bond motifs is 1. The standard InChI is InChI=1S/C26H20ClF3N4O2/c27-19-7-5-17(6-8-19)24-32-23-10-11-34(15-21(23)25(35)33-24)14-16-4-9-22(31-13-16)18-2-1-3-20(12-18)36-26(28,29)30/h1-9,12-13H,10-11,14-15H2,(H,32,33,35). The lowest BCUT2D eigenvalue weighted by atomic mass is 10.1. The number of aromatic amines is 1. The predicted molar refractivity (Wildman–Crippen MR) is 129 cm³/mol. The summed E-state index contributed by atoms with van der Waals surface area (Å²) in [6.07, 6.45) is -2.43. The Morgan fingerprint density at radius 2 is 1.86 bits per heavy atom. The number of benzene rings is 2. The highest BCUT2D eigenvalue weighted by Crippen LogP contribution is 2.27. The number of rotatable bonds is 5. The third-order valence-electron chi connectivity index (χ3n) is 5.86. The van der Waals surface area contributed by atoms with Gasteiger partial charge in [-0.2, -0.15) is 0 Å². The molecule has 36 heavy (non-hydrogen) atoms. The van der Waals surface area contributed by atoms with E-state index in [0.717, 1.165) is 23.4 Å². The van der Waals surface area contributed by atoms with Crippen LogP contribution in [0, 0.1) is 0 Å². The maximum atomic E-state index is 12.8. The van der Waals surface area contributed by atoms with E-state index < -0.39 is 6.36 Å². The van der Waals surface area contributed by atoms with Gasteiger partial charge in [-0.25, -0.2) is 4.98 Å². The second kappa shape index (κ2) is 9.75. The number of H-pyrrole nitrogens is 1. The van der Waals surface area contributed by atoms with Crippen LogP contribution in [0.5, 0.6) is 5.75 Å². The summed E-state index contributed by atoms with van der Waals surface area (Å²) >= 11 is 5.95. The van der Waals surface area contributed by atoms with Crippen LogP contribution in [0.3, 0.4) is 0 Å². The smallest absolute Gasteiger partial charge is 0.406 e. The molecule has 5 rings (SSSR count). The summed E-state index contributed by atoms with van der Waals surface area (Å²) in [6, 6.07) is 16.5. The number of ether oxygens (including phenoxy) is 1. The predicted octanol–water partition coefficient (Wildman–Crippen LogP) is 5.61. The first-order valence-electron chi connectivity index (χ1n) is 11.1. The number of hydrogen-bond donors (Lipinski definition) is 1. The van der Waals surface area contributed by atoms with E-state index in [-0.39, 0.29) is 11.3 Å². The average molecular weight is 513 g/mol. The van der Waals surface area contributed by atoms with E-state index in [4.69, 9.17) is 11.6 Å². The van der Waals surface area contributed by atoms with E-state index in [1.807, 2.05) is 18.2 Å². The summed E-state index contributed by atoms with van der Waals surface area (Å²) in [5, 5.41) is 0.612. The molecular formula is C26H20ClF3N4O2. The molecule has 10 heteroatoms. The van der Waals surface area contributed by atoms with Crippen LogP contribution in [0.15, 0.2) is 71.7 Å². The molecule has 1 aliphatic rings.